The van der Waals surface area contributed by atoms with Gasteiger partial charge in [-0.1, -0.05) is 18.2 Å². The van der Waals surface area contributed by atoms with Gasteiger partial charge in [0.15, 0.2) is 6.10 Å². The predicted molar refractivity (Wildman–Crippen MR) is 91.9 cm³/mol. The number of nitrogens with one attached hydrogen (secondary N) is 1. The van der Waals surface area contributed by atoms with E-state index in [0.29, 0.717) is 12.2 Å². The Bertz CT molecular complexity index is 757. The molecule has 2 aromatic carbocycles. The van der Waals surface area contributed by atoms with E-state index in [2.05, 4.69) is 5.32 Å². The number of methoxy groups -OCH3 is 1. The summed E-state index contributed by atoms with van der Waals surface area (Å²) < 4.78 is 37.1. The minimum Gasteiger partial charge on any atom is -0.497 e. The molecule has 1 atom stereocenters. The van der Waals surface area contributed by atoms with Crippen LogP contribution in [0.15, 0.2) is 42.5 Å². The van der Waals surface area contributed by atoms with Crippen molar-refractivity contribution >= 4 is 17.6 Å². The van der Waals surface area contributed by atoms with Gasteiger partial charge in [0.2, 0.25) is 0 Å². The lowest BCUT2D eigenvalue weighted by atomic mass is 10.1. The molecule has 0 spiro atoms. The average Bonchev–Trinajstić information content (AvgIpc) is 2.63. The summed E-state index contributed by atoms with van der Waals surface area (Å²) in [6, 6.07) is 10.4. The number of rotatable bonds is 7. The van der Waals surface area contributed by atoms with Crippen molar-refractivity contribution in [3.63, 3.8) is 0 Å². The fraction of sp³-hybridized carbons (Fsp3) is 0.263. The molecule has 0 aliphatic rings. The number of anilines is 1. The van der Waals surface area contributed by atoms with Crippen LogP contribution in [0.25, 0.3) is 0 Å². The molecule has 0 fully saturated rings. The summed E-state index contributed by atoms with van der Waals surface area (Å²) in [5.41, 5.74) is 0.340. The summed E-state index contributed by atoms with van der Waals surface area (Å²) in [6.07, 6.45) is -0.686. The molecule has 5 nitrogen and oxygen atoms in total. The molecule has 0 heterocycles. The molecule has 0 aromatic heterocycles. The number of aryl methyl sites for hydroxylation is 1. The standard InChI is InChI=1S/C19H19F2NO4/c1-12(19(24)22-18-15(20)4-3-5-16(18)21)26-17(23)11-8-13-6-9-14(25-2)10-7-13/h3-7,9-10,12H,8,11H2,1-2H3,(H,22,24)/t12-/m0/s1. The maximum Gasteiger partial charge on any atom is 0.306 e. The molecule has 0 aliphatic heterocycles. The zero-order valence-electron chi connectivity index (χ0n) is 14.4. The summed E-state index contributed by atoms with van der Waals surface area (Å²) in [4.78, 5) is 23.8. The van der Waals surface area contributed by atoms with Crippen LogP contribution in [0.4, 0.5) is 14.5 Å². The van der Waals surface area contributed by atoms with E-state index in [1.165, 1.54) is 13.0 Å². The van der Waals surface area contributed by atoms with Crippen molar-refractivity contribution in [3.8, 4) is 5.75 Å². The van der Waals surface area contributed by atoms with Gasteiger partial charge in [-0.25, -0.2) is 8.78 Å². The average molecular weight is 363 g/mol. The summed E-state index contributed by atoms with van der Waals surface area (Å²) in [7, 11) is 1.56. The van der Waals surface area contributed by atoms with Gasteiger partial charge >= 0.3 is 5.97 Å². The SMILES string of the molecule is COc1ccc(CCC(=O)O[C@@H](C)C(=O)Nc2c(F)cccc2F)cc1. The molecule has 2 aromatic rings. The number of hydrogen-bond donors (Lipinski definition) is 1. The number of carbonyl (C=O) groups is 2. The van der Waals surface area contributed by atoms with Crippen LogP contribution in [-0.4, -0.2) is 25.1 Å². The Labute approximate surface area is 149 Å². The molecule has 138 valence electrons. The maximum absolute atomic E-state index is 13.5. The van der Waals surface area contributed by atoms with E-state index in [9.17, 15) is 18.4 Å². The second-order valence-corrected chi connectivity index (χ2v) is 5.57. The third-order valence-electron chi connectivity index (χ3n) is 3.67. The van der Waals surface area contributed by atoms with Crippen molar-refractivity contribution in [2.24, 2.45) is 0 Å². The first-order chi connectivity index (χ1) is 12.4. The molecule has 0 bridgehead atoms. The fourth-order valence-electron chi connectivity index (χ4n) is 2.19. The molecule has 0 saturated carbocycles. The lowest BCUT2D eigenvalue weighted by Gasteiger charge is -2.14. The first kappa shape index (κ1) is 19.4. The Morgan fingerprint density at radius 2 is 1.69 bits per heavy atom. The molecule has 2 rings (SSSR count). The van der Waals surface area contributed by atoms with E-state index in [4.69, 9.17) is 9.47 Å². The highest BCUT2D eigenvalue weighted by atomic mass is 19.1. The smallest absolute Gasteiger partial charge is 0.306 e. The molecule has 26 heavy (non-hydrogen) atoms. The number of hydrogen-bond acceptors (Lipinski definition) is 4. The van der Waals surface area contributed by atoms with Gasteiger partial charge in [0, 0.05) is 6.42 Å². The Hall–Kier alpha value is -2.96. The minimum atomic E-state index is -1.18. The van der Waals surface area contributed by atoms with Crippen LogP contribution in [0.2, 0.25) is 0 Å². The van der Waals surface area contributed by atoms with E-state index in [1.54, 1.807) is 19.2 Å². The zero-order chi connectivity index (χ0) is 19.1. The molecule has 1 amide bonds. The Morgan fingerprint density at radius 1 is 1.08 bits per heavy atom. The molecule has 0 radical (unpaired) electrons. The van der Waals surface area contributed by atoms with Crippen LogP contribution < -0.4 is 10.1 Å². The highest BCUT2D eigenvalue weighted by Gasteiger charge is 2.20. The van der Waals surface area contributed by atoms with Crippen LogP contribution in [-0.2, 0) is 20.7 Å². The molecular weight excluding hydrogens is 344 g/mol. The van der Waals surface area contributed by atoms with Crippen molar-refractivity contribution in [3.05, 3.63) is 59.7 Å². The first-order valence-corrected chi connectivity index (χ1v) is 7.98. The van der Waals surface area contributed by atoms with Gasteiger partial charge in [-0.3, -0.25) is 9.59 Å². The normalized spacial score (nSPS) is 11.5. The van der Waals surface area contributed by atoms with E-state index in [1.807, 2.05) is 12.1 Å². The predicted octanol–water partition coefficient (Wildman–Crippen LogP) is 3.48. The van der Waals surface area contributed by atoms with Gasteiger partial charge in [0.1, 0.15) is 23.1 Å². The zero-order valence-corrected chi connectivity index (χ0v) is 14.4. The second kappa shape index (κ2) is 8.94. The maximum atomic E-state index is 13.5. The van der Waals surface area contributed by atoms with E-state index in [0.717, 1.165) is 17.7 Å². The van der Waals surface area contributed by atoms with Crippen LogP contribution in [0, 0.1) is 11.6 Å². The van der Waals surface area contributed by atoms with Crippen LogP contribution in [0.5, 0.6) is 5.75 Å². The number of benzene rings is 2. The van der Waals surface area contributed by atoms with Gasteiger partial charge in [0.25, 0.3) is 5.91 Å². The number of amides is 1. The van der Waals surface area contributed by atoms with Gasteiger partial charge in [-0.15, -0.1) is 0 Å². The van der Waals surface area contributed by atoms with Crippen molar-refractivity contribution in [2.75, 3.05) is 12.4 Å². The topological polar surface area (TPSA) is 64.6 Å². The number of halogens is 2. The molecule has 0 saturated heterocycles. The number of carbonyl (C=O) groups excluding carboxylic acids is 2. The highest BCUT2D eigenvalue weighted by Crippen LogP contribution is 2.18. The summed E-state index contributed by atoms with van der Waals surface area (Å²) in [5.74, 6) is -2.50. The van der Waals surface area contributed by atoms with E-state index >= 15 is 0 Å². The summed E-state index contributed by atoms with van der Waals surface area (Å²) >= 11 is 0. The quantitative estimate of drug-likeness (QED) is 0.765. The highest BCUT2D eigenvalue weighted by molar-refractivity contribution is 5.95. The van der Waals surface area contributed by atoms with Crippen LogP contribution >= 0.6 is 0 Å². The van der Waals surface area contributed by atoms with Gasteiger partial charge < -0.3 is 14.8 Å². The summed E-state index contributed by atoms with van der Waals surface area (Å²) in [6.45, 7) is 1.33. The van der Waals surface area contributed by atoms with Crippen molar-refractivity contribution in [1.82, 2.24) is 0 Å². The molecular formula is C19H19F2NO4. The van der Waals surface area contributed by atoms with E-state index < -0.39 is 35.3 Å². The number of esters is 1. The Balaban J connectivity index is 1.84. The second-order valence-electron chi connectivity index (χ2n) is 5.57. The monoisotopic (exact) mass is 363 g/mol. The number of para-hydroxylation sites is 1. The number of ether oxygens (including phenoxy) is 2. The molecule has 0 unspecified atom stereocenters. The summed E-state index contributed by atoms with van der Waals surface area (Å²) in [5, 5.41) is 2.09. The third-order valence-corrected chi connectivity index (χ3v) is 3.67. The Morgan fingerprint density at radius 3 is 2.27 bits per heavy atom. The molecule has 7 heteroatoms. The Kier molecular flexibility index (Phi) is 6.66. The molecule has 0 aliphatic carbocycles. The van der Waals surface area contributed by atoms with Gasteiger partial charge in [-0.05, 0) is 43.2 Å². The van der Waals surface area contributed by atoms with Gasteiger partial charge in [0.05, 0.1) is 7.11 Å². The third kappa shape index (κ3) is 5.27. The van der Waals surface area contributed by atoms with Crippen LogP contribution in [0.3, 0.4) is 0 Å². The van der Waals surface area contributed by atoms with Crippen molar-refractivity contribution in [2.45, 2.75) is 25.9 Å². The van der Waals surface area contributed by atoms with E-state index in [-0.39, 0.29) is 6.42 Å². The minimum absolute atomic E-state index is 0.0675. The van der Waals surface area contributed by atoms with Crippen molar-refractivity contribution < 1.29 is 27.8 Å². The van der Waals surface area contributed by atoms with Crippen molar-refractivity contribution in [1.29, 1.82) is 0 Å². The lowest BCUT2D eigenvalue weighted by molar-refractivity contribution is -0.153. The lowest BCUT2D eigenvalue weighted by Crippen LogP contribution is -2.30. The molecule has 1 N–H and O–H groups in total. The fourth-order valence-corrected chi connectivity index (χ4v) is 2.19. The van der Waals surface area contributed by atoms with Crippen LogP contribution in [0.1, 0.15) is 18.9 Å². The first-order valence-electron chi connectivity index (χ1n) is 7.98. The van der Waals surface area contributed by atoms with Gasteiger partial charge in [-0.2, -0.15) is 0 Å². The largest absolute Gasteiger partial charge is 0.497 e.